The van der Waals surface area contributed by atoms with Crippen molar-refractivity contribution < 1.29 is 18.7 Å². The van der Waals surface area contributed by atoms with Crippen molar-refractivity contribution in [2.24, 2.45) is 0 Å². The van der Waals surface area contributed by atoms with Crippen LogP contribution in [0.2, 0.25) is 0 Å². The van der Waals surface area contributed by atoms with Crippen molar-refractivity contribution >= 4 is 28.8 Å². The maximum Gasteiger partial charge on any atom is 0.251 e. The molecule has 0 unspecified atom stereocenters. The van der Waals surface area contributed by atoms with Crippen LogP contribution in [-0.2, 0) is 16.1 Å². The van der Waals surface area contributed by atoms with Crippen LogP contribution in [0.25, 0.3) is 11.6 Å². The van der Waals surface area contributed by atoms with E-state index in [1.807, 2.05) is 52.1 Å². The van der Waals surface area contributed by atoms with Gasteiger partial charge in [0.05, 0.1) is 6.61 Å². The molecule has 0 radical (unpaired) electrons. The summed E-state index contributed by atoms with van der Waals surface area (Å²) in [4.78, 5) is 30.8. The minimum Gasteiger partial charge on any atom is -0.494 e. The van der Waals surface area contributed by atoms with Crippen molar-refractivity contribution in [1.82, 2.24) is 25.5 Å². The van der Waals surface area contributed by atoms with E-state index in [-0.39, 0.29) is 24.2 Å². The van der Waals surface area contributed by atoms with Gasteiger partial charge in [-0.15, -0.1) is 21.5 Å². The molecule has 3 aromatic heterocycles. The normalized spacial score (nSPS) is 12.2. The lowest BCUT2D eigenvalue weighted by Crippen LogP contribution is -2.50. The van der Waals surface area contributed by atoms with Gasteiger partial charge in [0, 0.05) is 16.1 Å². The van der Waals surface area contributed by atoms with E-state index in [4.69, 9.17) is 9.15 Å². The number of hydrogen-bond donors (Lipinski definition) is 1. The van der Waals surface area contributed by atoms with E-state index in [2.05, 4.69) is 20.7 Å². The molecule has 1 N–H and O–H groups in total. The number of carbonyl (C=O) groups is 2. The number of amides is 2. The Balaban J connectivity index is 1.70. The number of benzene rings is 1. The first-order valence-electron chi connectivity index (χ1n) is 11.9. The highest BCUT2D eigenvalue weighted by atomic mass is 32.1. The molecule has 10 nitrogen and oxygen atoms in total. The summed E-state index contributed by atoms with van der Waals surface area (Å²) in [6.45, 7) is 9.70. The van der Waals surface area contributed by atoms with Crippen LogP contribution in [0, 0.1) is 6.92 Å². The maximum absolute atomic E-state index is 13.8. The summed E-state index contributed by atoms with van der Waals surface area (Å²) in [5.41, 5.74) is 0.0434. The third kappa shape index (κ3) is 6.42. The quantitative estimate of drug-likeness (QED) is 0.347. The first kappa shape index (κ1) is 26.1. The van der Waals surface area contributed by atoms with Crippen LogP contribution in [0.3, 0.4) is 0 Å². The largest absolute Gasteiger partial charge is 0.494 e. The first-order valence-corrected chi connectivity index (χ1v) is 12.8. The van der Waals surface area contributed by atoms with Gasteiger partial charge in [0.2, 0.25) is 11.7 Å². The van der Waals surface area contributed by atoms with Crippen molar-refractivity contribution in [2.75, 3.05) is 11.5 Å². The van der Waals surface area contributed by atoms with Gasteiger partial charge in [0.15, 0.2) is 5.76 Å². The molecule has 2 amide bonds. The highest BCUT2D eigenvalue weighted by molar-refractivity contribution is 7.10. The van der Waals surface area contributed by atoms with Crippen molar-refractivity contribution in [3.8, 4) is 17.3 Å². The molecule has 0 aliphatic heterocycles. The van der Waals surface area contributed by atoms with Gasteiger partial charge < -0.3 is 14.5 Å². The Hall–Kier alpha value is -3.99. The molecule has 4 aromatic rings. The Morgan fingerprint density at radius 1 is 1.16 bits per heavy atom. The predicted molar refractivity (Wildman–Crippen MR) is 140 cm³/mol. The number of tetrazole rings is 1. The number of rotatable bonds is 9. The molecule has 0 fully saturated rings. The fraction of sp³-hybridized carbons (Fsp3) is 0.346. The maximum atomic E-state index is 13.8. The Kier molecular flexibility index (Phi) is 7.72. The van der Waals surface area contributed by atoms with E-state index in [0.29, 0.717) is 29.6 Å². The molecule has 1 atom stereocenters. The number of nitrogens with zero attached hydrogens (tertiary/aromatic N) is 5. The van der Waals surface area contributed by atoms with Crippen LogP contribution in [0.15, 0.2) is 58.3 Å². The SMILES string of the molecule is CCOc1ccc(N(C(=O)Cn2nnc(-c3ccc(C)o3)n2)[C@@H](C(=O)NC(C)(C)C)c2cccs2)cc1. The van der Waals surface area contributed by atoms with Gasteiger partial charge in [-0.1, -0.05) is 6.07 Å². The molecule has 0 saturated carbocycles. The van der Waals surface area contributed by atoms with Crippen molar-refractivity contribution in [2.45, 2.75) is 52.7 Å². The van der Waals surface area contributed by atoms with Gasteiger partial charge in [-0.05, 0) is 87.7 Å². The third-order valence-electron chi connectivity index (χ3n) is 5.20. The topological polar surface area (TPSA) is 115 Å². The summed E-state index contributed by atoms with van der Waals surface area (Å²) in [6.07, 6.45) is 0. The number of aromatic nitrogens is 4. The predicted octanol–water partition coefficient (Wildman–Crippen LogP) is 4.39. The van der Waals surface area contributed by atoms with Gasteiger partial charge in [-0.25, -0.2) is 0 Å². The zero-order valence-electron chi connectivity index (χ0n) is 21.5. The number of thiophene rings is 1. The minimum atomic E-state index is -0.902. The van der Waals surface area contributed by atoms with Gasteiger partial charge in [0.25, 0.3) is 5.91 Å². The Labute approximate surface area is 219 Å². The number of anilines is 1. The summed E-state index contributed by atoms with van der Waals surface area (Å²) in [5, 5.41) is 17.3. The monoisotopic (exact) mass is 522 g/mol. The second-order valence-corrected chi connectivity index (χ2v) is 10.4. The second-order valence-electron chi connectivity index (χ2n) is 9.40. The standard InChI is InChI=1S/C26H30N6O4S/c1-6-35-19-12-10-18(11-13-19)32(23(21-8-7-15-37-21)25(34)27-26(3,4)5)22(33)16-31-29-24(28-30-31)20-14-9-17(2)36-20/h7-15,23H,6,16H2,1-5H3,(H,27,34)/t23-/m1/s1. The second kappa shape index (κ2) is 11.0. The lowest BCUT2D eigenvalue weighted by molar-refractivity contribution is -0.128. The zero-order chi connectivity index (χ0) is 26.6. The number of ether oxygens (including phenoxy) is 1. The van der Waals surface area contributed by atoms with Crippen molar-refractivity contribution in [1.29, 1.82) is 0 Å². The summed E-state index contributed by atoms with van der Waals surface area (Å²) in [5.74, 6) is 1.44. The highest BCUT2D eigenvalue weighted by Crippen LogP contribution is 2.32. The molecule has 0 bridgehead atoms. The molecule has 194 valence electrons. The molecule has 0 aliphatic carbocycles. The number of hydrogen-bond acceptors (Lipinski definition) is 8. The lowest BCUT2D eigenvalue weighted by atomic mass is 10.1. The molecule has 4 rings (SSSR count). The van der Waals surface area contributed by atoms with E-state index < -0.39 is 11.6 Å². The number of carbonyl (C=O) groups excluding carboxylic acids is 2. The highest BCUT2D eigenvalue weighted by Gasteiger charge is 2.35. The molecule has 0 spiro atoms. The van der Waals surface area contributed by atoms with Gasteiger partial charge >= 0.3 is 0 Å². The van der Waals surface area contributed by atoms with Crippen molar-refractivity contribution in [3.63, 3.8) is 0 Å². The van der Waals surface area contributed by atoms with Gasteiger partial charge in [-0.3, -0.25) is 14.5 Å². The van der Waals surface area contributed by atoms with E-state index in [9.17, 15) is 9.59 Å². The molecular weight excluding hydrogens is 492 g/mol. The number of furan rings is 1. The minimum absolute atomic E-state index is 0.232. The summed E-state index contributed by atoms with van der Waals surface area (Å²) < 4.78 is 11.1. The van der Waals surface area contributed by atoms with Gasteiger partial charge in [0.1, 0.15) is 24.1 Å². The third-order valence-corrected chi connectivity index (χ3v) is 6.13. The van der Waals surface area contributed by atoms with E-state index in [1.165, 1.54) is 21.0 Å². The lowest BCUT2D eigenvalue weighted by Gasteiger charge is -2.33. The van der Waals surface area contributed by atoms with Crippen LogP contribution >= 0.6 is 11.3 Å². The molecule has 1 aromatic carbocycles. The van der Waals surface area contributed by atoms with Gasteiger partial charge in [-0.2, -0.15) is 4.80 Å². The zero-order valence-corrected chi connectivity index (χ0v) is 22.3. The van der Waals surface area contributed by atoms with Crippen LogP contribution in [0.1, 0.15) is 44.4 Å². The fourth-order valence-electron chi connectivity index (χ4n) is 3.73. The van der Waals surface area contributed by atoms with Crippen LogP contribution < -0.4 is 15.0 Å². The molecule has 37 heavy (non-hydrogen) atoms. The summed E-state index contributed by atoms with van der Waals surface area (Å²) in [7, 11) is 0. The Morgan fingerprint density at radius 3 is 2.51 bits per heavy atom. The summed E-state index contributed by atoms with van der Waals surface area (Å²) in [6, 6.07) is 13.4. The Morgan fingerprint density at radius 2 is 1.92 bits per heavy atom. The summed E-state index contributed by atoms with van der Waals surface area (Å²) >= 11 is 1.40. The van der Waals surface area contributed by atoms with E-state index in [1.54, 1.807) is 36.4 Å². The molecule has 11 heteroatoms. The Bertz CT molecular complexity index is 1340. The molecule has 0 saturated heterocycles. The molecule has 0 aliphatic rings. The van der Waals surface area contributed by atoms with Crippen LogP contribution in [0.4, 0.5) is 5.69 Å². The molecule has 3 heterocycles. The molecular formula is C26H30N6O4S. The number of nitrogens with one attached hydrogen (secondary N) is 1. The van der Waals surface area contributed by atoms with E-state index >= 15 is 0 Å². The van der Waals surface area contributed by atoms with Crippen molar-refractivity contribution in [3.05, 3.63) is 64.5 Å². The van der Waals surface area contributed by atoms with E-state index in [0.717, 1.165) is 4.88 Å². The first-order chi connectivity index (χ1) is 17.6. The smallest absolute Gasteiger partial charge is 0.251 e. The van der Waals surface area contributed by atoms with Crippen LogP contribution in [-0.4, -0.2) is 44.2 Å². The fourth-order valence-corrected chi connectivity index (χ4v) is 4.54. The van der Waals surface area contributed by atoms with Crippen LogP contribution in [0.5, 0.6) is 5.75 Å². The average molecular weight is 523 g/mol. The average Bonchev–Trinajstić information content (AvgIpc) is 3.59. The number of aryl methyl sites for hydroxylation is 1.